The Kier molecular flexibility index (Phi) is 7.15. The third-order valence-corrected chi connectivity index (χ3v) is 7.46. The van der Waals surface area contributed by atoms with Crippen LogP contribution in [-0.4, -0.2) is 58.6 Å². The zero-order chi connectivity index (χ0) is 21.9. The lowest BCUT2D eigenvalue weighted by atomic mass is 9.96. The van der Waals surface area contributed by atoms with Gasteiger partial charge in [0.1, 0.15) is 0 Å². The van der Waals surface area contributed by atoms with E-state index in [0.717, 1.165) is 5.56 Å². The number of hydrogen-bond donors (Lipinski definition) is 0. The fourth-order valence-corrected chi connectivity index (χ4v) is 4.74. The van der Waals surface area contributed by atoms with Gasteiger partial charge in [0, 0.05) is 35.6 Å². The van der Waals surface area contributed by atoms with Crippen molar-refractivity contribution < 1.29 is 17.6 Å². The summed E-state index contributed by atoms with van der Waals surface area (Å²) in [4.78, 5) is 14.9. The Hall–Kier alpha value is -1.97. The highest BCUT2D eigenvalue weighted by Gasteiger charge is 2.33. The molecular weight excluding hydrogens is 428 g/mol. The summed E-state index contributed by atoms with van der Waals surface area (Å²) in [6.07, 6.45) is 1.03. The quantitative estimate of drug-likeness (QED) is 0.637. The minimum atomic E-state index is -3.21. The molecule has 8 nitrogen and oxygen atoms in total. The van der Waals surface area contributed by atoms with Gasteiger partial charge in [-0.1, -0.05) is 11.6 Å². The van der Waals surface area contributed by atoms with Crippen LogP contribution < -0.4 is 0 Å². The molecule has 1 aliphatic rings. The fraction of sp³-hybridized carbons (Fsp3) is 0.550. The van der Waals surface area contributed by atoms with E-state index in [9.17, 15) is 13.2 Å². The number of amides is 1. The normalized spacial score (nSPS) is 16.2. The number of rotatable bonds is 7. The number of carbonyl (C=O) groups is 1. The van der Waals surface area contributed by atoms with Crippen molar-refractivity contribution in [2.75, 3.05) is 18.8 Å². The average molecular weight is 455 g/mol. The van der Waals surface area contributed by atoms with Crippen LogP contribution in [0.5, 0.6) is 0 Å². The molecule has 0 N–H and O–H groups in total. The standard InChI is InChI=1S/C20H27ClN4O4S/c1-4-30(27,28)24-11-9-16(10-12-24)20(26)25(14(2)3)13-18-22-23-19(29-18)15-5-7-17(21)8-6-15/h5-8,14,16H,4,9-13H2,1-3H3. The number of hydrogen-bond acceptors (Lipinski definition) is 6. The monoisotopic (exact) mass is 454 g/mol. The Balaban J connectivity index is 1.67. The van der Waals surface area contributed by atoms with Crippen LogP contribution in [0.25, 0.3) is 11.5 Å². The molecule has 164 valence electrons. The van der Waals surface area contributed by atoms with E-state index in [1.165, 1.54) is 4.31 Å². The maximum atomic E-state index is 13.1. The van der Waals surface area contributed by atoms with E-state index in [2.05, 4.69) is 10.2 Å². The van der Waals surface area contributed by atoms with Crippen molar-refractivity contribution in [3.63, 3.8) is 0 Å². The summed E-state index contributed by atoms with van der Waals surface area (Å²) in [7, 11) is -3.21. The Morgan fingerprint density at radius 1 is 1.23 bits per heavy atom. The van der Waals surface area contributed by atoms with Gasteiger partial charge in [-0.15, -0.1) is 10.2 Å². The van der Waals surface area contributed by atoms with Gasteiger partial charge >= 0.3 is 0 Å². The summed E-state index contributed by atoms with van der Waals surface area (Å²) in [6, 6.07) is 7.03. The summed E-state index contributed by atoms with van der Waals surface area (Å²) in [5.74, 6) is 0.583. The van der Waals surface area contributed by atoms with Crippen LogP contribution in [0.4, 0.5) is 0 Å². The highest BCUT2D eigenvalue weighted by Crippen LogP contribution is 2.25. The van der Waals surface area contributed by atoms with Crippen LogP contribution in [-0.2, 0) is 21.4 Å². The van der Waals surface area contributed by atoms with Crippen LogP contribution >= 0.6 is 11.6 Å². The fourth-order valence-electron chi connectivity index (χ4n) is 3.49. The summed E-state index contributed by atoms with van der Waals surface area (Å²) < 4.78 is 31.3. The van der Waals surface area contributed by atoms with E-state index < -0.39 is 10.0 Å². The van der Waals surface area contributed by atoms with Gasteiger partial charge in [-0.2, -0.15) is 0 Å². The van der Waals surface area contributed by atoms with Crippen molar-refractivity contribution in [2.45, 2.75) is 46.2 Å². The van der Waals surface area contributed by atoms with Crippen molar-refractivity contribution in [1.29, 1.82) is 0 Å². The molecule has 10 heteroatoms. The SMILES string of the molecule is CCS(=O)(=O)N1CCC(C(=O)N(Cc2nnc(-c3ccc(Cl)cc3)o2)C(C)C)CC1. The third-order valence-electron chi connectivity index (χ3n) is 5.33. The van der Waals surface area contributed by atoms with Crippen LogP contribution in [0.15, 0.2) is 28.7 Å². The molecule has 1 amide bonds. The van der Waals surface area contributed by atoms with Crippen molar-refractivity contribution in [2.24, 2.45) is 5.92 Å². The molecule has 0 spiro atoms. The summed E-state index contributed by atoms with van der Waals surface area (Å²) >= 11 is 5.91. The first-order chi connectivity index (χ1) is 14.2. The van der Waals surface area contributed by atoms with Gasteiger partial charge in [0.15, 0.2) is 0 Å². The molecule has 3 rings (SSSR count). The van der Waals surface area contributed by atoms with Gasteiger partial charge in [-0.25, -0.2) is 12.7 Å². The molecule has 1 aliphatic heterocycles. The molecule has 1 aromatic heterocycles. The first-order valence-corrected chi connectivity index (χ1v) is 12.1. The molecule has 0 bridgehead atoms. The lowest BCUT2D eigenvalue weighted by molar-refractivity contribution is -0.139. The predicted octanol–water partition coefficient (Wildman–Crippen LogP) is 3.19. The molecule has 2 aromatic rings. The van der Waals surface area contributed by atoms with Gasteiger partial charge in [-0.3, -0.25) is 4.79 Å². The first kappa shape index (κ1) is 22.7. The molecular formula is C20H27ClN4O4S. The number of piperidine rings is 1. The van der Waals surface area contributed by atoms with Crippen LogP contribution in [0.1, 0.15) is 39.5 Å². The van der Waals surface area contributed by atoms with E-state index in [1.54, 1.807) is 36.1 Å². The molecule has 0 radical (unpaired) electrons. The first-order valence-electron chi connectivity index (χ1n) is 10.1. The van der Waals surface area contributed by atoms with E-state index in [1.807, 2.05) is 13.8 Å². The van der Waals surface area contributed by atoms with E-state index >= 15 is 0 Å². The van der Waals surface area contributed by atoms with Crippen molar-refractivity contribution in [1.82, 2.24) is 19.4 Å². The second-order valence-corrected chi connectivity index (χ2v) is 10.3. The molecule has 0 atom stereocenters. The highest BCUT2D eigenvalue weighted by molar-refractivity contribution is 7.89. The number of nitrogens with zero attached hydrogens (tertiary/aromatic N) is 4. The molecule has 0 saturated carbocycles. The molecule has 0 unspecified atom stereocenters. The number of sulfonamides is 1. The zero-order valence-corrected chi connectivity index (χ0v) is 19.0. The summed E-state index contributed by atoms with van der Waals surface area (Å²) in [5, 5.41) is 8.78. The maximum absolute atomic E-state index is 13.1. The van der Waals surface area contributed by atoms with E-state index in [0.29, 0.717) is 42.7 Å². The topological polar surface area (TPSA) is 96.6 Å². The molecule has 1 saturated heterocycles. The number of aromatic nitrogens is 2. The Bertz CT molecular complexity index is 967. The van der Waals surface area contributed by atoms with Crippen LogP contribution in [0, 0.1) is 5.92 Å². The van der Waals surface area contributed by atoms with E-state index in [-0.39, 0.29) is 30.2 Å². The summed E-state index contributed by atoms with van der Waals surface area (Å²) in [5.41, 5.74) is 0.755. The van der Waals surface area contributed by atoms with Gasteiger partial charge in [0.2, 0.25) is 27.7 Å². The van der Waals surface area contributed by atoms with Crippen molar-refractivity contribution in [3.8, 4) is 11.5 Å². The van der Waals surface area contributed by atoms with Gasteiger partial charge in [-0.05, 0) is 57.9 Å². The smallest absolute Gasteiger partial charge is 0.247 e. The second-order valence-electron chi connectivity index (χ2n) is 7.64. The van der Waals surface area contributed by atoms with Crippen LogP contribution in [0.2, 0.25) is 5.02 Å². The van der Waals surface area contributed by atoms with Crippen LogP contribution in [0.3, 0.4) is 0 Å². The van der Waals surface area contributed by atoms with Gasteiger partial charge in [0.25, 0.3) is 0 Å². The number of carbonyl (C=O) groups excluding carboxylic acids is 1. The number of halogens is 1. The second kappa shape index (κ2) is 9.45. The molecule has 2 heterocycles. The minimum Gasteiger partial charge on any atom is -0.419 e. The molecule has 30 heavy (non-hydrogen) atoms. The average Bonchev–Trinajstić information content (AvgIpc) is 3.20. The number of benzene rings is 1. The Labute approximate surface area is 182 Å². The minimum absolute atomic E-state index is 0.00945. The largest absolute Gasteiger partial charge is 0.419 e. The Morgan fingerprint density at radius 2 is 1.87 bits per heavy atom. The highest BCUT2D eigenvalue weighted by atomic mass is 35.5. The van der Waals surface area contributed by atoms with Crippen molar-refractivity contribution >= 4 is 27.5 Å². The lowest BCUT2D eigenvalue weighted by Crippen LogP contribution is -2.46. The Morgan fingerprint density at radius 3 is 2.43 bits per heavy atom. The molecule has 0 aliphatic carbocycles. The lowest BCUT2D eigenvalue weighted by Gasteiger charge is -2.34. The third kappa shape index (κ3) is 5.19. The zero-order valence-electron chi connectivity index (χ0n) is 17.4. The molecule has 1 aromatic carbocycles. The van der Waals surface area contributed by atoms with Gasteiger partial charge in [0.05, 0.1) is 12.3 Å². The molecule has 1 fully saturated rings. The van der Waals surface area contributed by atoms with Crippen molar-refractivity contribution in [3.05, 3.63) is 35.2 Å². The van der Waals surface area contributed by atoms with E-state index in [4.69, 9.17) is 16.0 Å². The maximum Gasteiger partial charge on any atom is 0.247 e. The van der Waals surface area contributed by atoms with Gasteiger partial charge < -0.3 is 9.32 Å². The summed E-state index contributed by atoms with van der Waals surface area (Å²) in [6.45, 7) is 6.47. The predicted molar refractivity (Wildman–Crippen MR) is 114 cm³/mol.